The van der Waals surface area contributed by atoms with E-state index in [0.717, 1.165) is 0 Å². The molecule has 0 unspecified atom stereocenters. The van der Waals surface area contributed by atoms with Gasteiger partial charge in [-0.25, -0.2) is 0 Å². The van der Waals surface area contributed by atoms with Gasteiger partial charge in [-0.15, -0.1) is 0 Å². The maximum absolute atomic E-state index is 12.4. The number of halogens is 1. The van der Waals surface area contributed by atoms with Gasteiger partial charge in [0.2, 0.25) is 5.43 Å². The summed E-state index contributed by atoms with van der Waals surface area (Å²) in [5.41, 5.74) is 0.795. The zero-order valence-corrected chi connectivity index (χ0v) is 11.2. The number of rotatable bonds is 3. The van der Waals surface area contributed by atoms with E-state index in [4.69, 9.17) is 25.9 Å². The first-order chi connectivity index (χ1) is 9.70. The summed E-state index contributed by atoms with van der Waals surface area (Å²) in [6.07, 6.45) is 0. The number of hydrogen-bond donors (Lipinski definition) is 1. The van der Waals surface area contributed by atoms with Crippen LogP contribution in [-0.4, -0.2) is 18.3 Å². The molecule has 2 aromatic carbocycles. The maximum Gasteiger partial charge on any atom is 0.200 e. The number of fused-ring (bicyclic) bond motifs is 2. The Kier molecular flexibility index (Phi) is 3.34. The fourth-order valence-electron chi connectivity index (χ4n) is 2.07. The second kappa shape index (κ2) is 5.15. The Balaban J connectivity index is 2.29. The third kappa shape index (κ3) is 2.13. The molecule has 0 amide bonds. The maximum atomic E-state index is 12.4. The first-order valence-electron chi connectivity index (χ1n) is 6.09. The van der Waals surface area contributed by atoms with Crippen molar-refractivity contribution in [2.75, 3.05) is 13.2 Å². The molecule has 0 saturated carbocycles. The van der Waals surface area contributed by atoms with Crippen molar-refractivity contribution in [2.24, 2.45) is 0 Å². The van der Waals surface area contributed by atoms with Crippen LogP contribution in [0.1, 0.15) is 0 Å². The normalized spacial score (nSPS) is 11.1. The average molecular weight is 291 g/mol. The van der Waals surface area contributed by atoms with Crippen molar-refractivity contribution in [2.45, 2.75) is 0 Å². The van der Waals surface area contributed by atoms with Gasteiger partial charge in [0.05, 0.1) is 22.4 Å². The summed E-state index contributed by atoms with van der Waals surface area (Å²) in [4.78, 5) is 12.4. The molecule has 4 nitrogen and oxygen atoms in total. The van der Waals surface area contributed by atoms with Crippen LogP contribution in [0.25, 0.3) is 21.9 Å². The van der Waals surface area contributed by atoms with Crippen LogP contribution in [0.4, 0.5) is 0 Å². The minimum absolute atomic E-state index is 0.115. The Hall–Kier alpha value is -2.04. The molecule has 0 aliphatic heterocycles. The number of hydrogen-bond acceptors (Lipinski definition) is 4. The van der Waals surface area contributed by atoms with Crippen molar-refractivity contribution in [3.05, 3.63) is 51.6 Å². The van der Waals surface area contributed by atoms with E-state index in [9.17, 15) is 4.79 Å². The van der Waals surface area contributed by atoms with Crippen molar-refractivity contribution < 1.29 is 14.3 Å². The van der Waals surface area contributed by atoms with Gasteiger partial charge in [0, 0.05) is 6.07 Å². The fraction of sp³-hybridized carbons (Fsp3) is 0.133. The second-order valence-corrected chi connectivity index (χ2v) is 4.69. The topological polar surface area (TPSA) is 59.7 Å². The van der Waals surface area contributed by atoms with E-state index >= 15 is 0 Å². The zero-order chi connectivity index (χ0) is 14.1. The molecule has 1 aromatic heterocycles. The van der Waals surface area contributed by atoms with E-state index < -0.39 is 0 Å². The van der Waals surface area contributed by atoms with Gasteiger partial charge in [0.15, 0.2) is 0 Å². The molecule has 0 aliphatic rings. The zero-order valence-electron chi connectivity index (χ0n) is 10.4. The van der Waals surface area contributed by atoms with Crippen LogP contribution in [-0.2, 0) is 0 Å². The molecule has 0 bridgehead atoms. The number of ether oxygens (including phenoxy) is 1. The van der Waals surface area contributed by atoms with Crippen LogP contribution in [0.3, 0.4) is 0 Å². The third-order valence-corrected chi connectivity index (χ3v) is 3.27. The molecule has 1 heterocycles. The quantitative estimate of drug-likeness (QED) is 0.753. The van der Waals surface area contributed by atoms with E-state index in [1.54, 1.807) is 30.3 Å². The van der Waals surface area contributed by atoms with Crippen molar-refractivity contribution in [3.8, 4) is 5.75 Å². The van der Waals surface area contributed by atoms with E-state index in [1.165, 1.54) is 6.07 Å². The molecule has 1 N–H and O–H groups in total. The molecule has 0 spiro atoms. The highest BCUT2D eigenvalue weighted by molar-refractivity contribution is 6.32. The molecule has 0 fully saturated rings. The monoisotopic (exact) mass is 290 g/mol. The summed E-state index contributed by atoms with van der Waals surface area (Å²) in [6, 6.07) is 10.1. The Labute approximate surface area is 119 Å². The van der Waals surface area contributed by atoms with E-state index in [2.05, 4.69) is 0 Å². The van der Waals surface area contributed by atoms with Crippen LogP contribution in [0.15, 0.2) is 45.6 Å². The standard InChI is InChI=1S/C15H11ClO4/c16-11-7-10-13(8-14(11)19-6-5-17)20-12-4-2-1-3-9(12)15(10)18/h1-4,7-8,17H,5-6H2. The van der Waals surface area contributed by atoms with Crippen LogP contribution >= 0.6 is 11.6 Å². The molecule has 3 aromatic rings. The Morgan fingerprint density at radius 2 is 1.95 bits per heavy atom. The summed E-state index contributed by atoms with van der Waals surface area (Å²) in [5.74, 6) is 0.381. The molecule has 0 aliphatic carbocycles. The Morgan fingerprint density at radius 3 is 2.75 bits per heavy atom. The summed E-state index contributed by atoms with van der Waals surface area (Å²) in [7, 11) is 0. The van der Waals surface area contributed by atoms with Gasteiger partial charge in [-0.1, -0.05) is 23.7 Å². The fourth-order valence-corrected chi connectivity index (χ4v) is 2.29. The lowest BCUT2D eigenvalue weighted by Crippen LogP contribution is -2.04. The summed E-state index contributed by atoms with van der Waals surface area (Å²) in [5, 5.41) is 10.0. The molecule has 102 valence electrons. The van der Waals surface area contributed by atoms with Crippen LogP contribution < -0.4 is 10.2 Å². The van der Waals surface area contributed by atoms with E-state index in [-0.39, 0.29) is 18.6 Å². The number of aliphatic hydroxyl groups excluding tert-OH is 1. The predicted octanol–water partition coefficient (Wildman–Crippen LogP) is 2.97. The first-order valence-corrected chi connectivity index (χ1v) is 6.47. The van der Waals surface area contributed by atoms with Gasteiger partial charge in [-0.05, 0) is 18.2 Å². The third-order valence-electron chi connectivity index (χ3n) is 2.98. The molecule has 0 saturated heterocycles. The largest absolute Gasteiger partial charge is 0.489 e. The minimum Gasteiger partial charge on any atom is -0.489 e. The number of para-hydroxylation sites is 1. The SMILES string of the molecule is O=c1c2ccccc2oc2cc(OCCO)c(Cl)cc12. The van der Waals surface area contributed by atoms with Crippen molar-refractivity contribution >= 4 is 33.5 Å². The molecule has 5 heteroatoms. The summed E-state index contributed by atoms with van der Waals surface area (Å²) >= 11 is 6.07. The summed E-state index contributed by atoms with van der Waals surface area (Å²) < 4.78 is 11.0. The van der Waals surface area contributed by atoms with Gasteiger partial charge < -0.3 is 14.3 Å². The van der Waals surface area contributed by atoms with Gasteiger partial charge in [0.25, 0.3) is 0 Å². The number of aliphatic hydroxyl groups is 1. The van der Waals surface area contributed by atoms with Gasteiger partial charge in [0.1, 0.15) is 23.5 Å². The van der Waals surface area contributed by atoms with E-state index in [0.29, 0.717) is 32.7 Å². The highest BCUT2D eigenvalue weighted by Gasteiger charge is 2.11. The van der Waals surface area contributed by atoms with Gasteiger partial charge in [-0.3, -0.25) is 4.79 Å². The molecule has 3 rings (SSSR count). The van der Waals surface area contributed by atoms with Crippen molar-refractivity contribution in [3.63, 3.8) is 0 Å². The minimum atomic E-state index is -0.127. The van der Waals surface area contributed by atoms with Crippen LogP contribution in [0, 0.1) is 0 Å². The lowest BCUT2D eigenvalue weighted by Gasteiger charge is -2.08. The second-order valence-electron chi connectivity index (χ2n) is 4.28. The van der Waals surface area contributed by atoms with Gasteiger partial charge in [-0.2, -0.15) is 0 Å². The Bertz CT molecular complexity index is 838. The molecular weight excluding hydrogens is 280 g/mol. The predicted molar refractivity (Wildman–Crippen MR) is 77.6 cm³/mol. The van der Waals surface area contributed by atoms with Crippen LogP contribution in [0.5, 0.6) is 5.75 Å². The Morgan fingerprint density at radius 1 is 1.15 bits per heavy atom. The number of benzene rings is 2. The smallest absolute Gasteiger partial charge is 0.200 e. The van der Waals surface area contributed by atoms with Crippen molar-refractivity contribution in [1.29, 1.82) is 0 Å². The van der Waals surface area contributed by atoms with Crippen LogP contribution in [0.2, 0.25) is 5.02 Å². The highest BCUT2D eigenvalue weighted by Crippen LogP contribution is 2.30. The van der Waals surface area contributed by atoms with Gasteiger partial charge >= 0.3 is 0 Å². The highest BCUT2D eigenvalue weighted by atomic mass is 35.5. The molecular formula is C15H11ClO4. The summed E-state index contributed by atoms with van der Waals surface area (Å²) in [6.45, 7) is 0.0130. The molecule has 0 radical (unpaired) electrons. The molecule has 20 heavy (non-hydrogen) atoms. The lowest BCUT2D eigenvalue weighted by atomic mass is 10.1. The average Bonchev–Trinajstić information content (AvgIpc) is 2.46. The van der Waals surface area contributed by atoms with E-state index in [1.807, 2.05) is 0 Å². The molecule has 0 atom stereocenters. The lowest BCUT2D eigenvalue weighted by molar-refractivity contribution is 0.201. The van der Waals surface area contributed by atoms with Crippen molar-refractivity contribution in [1.82, 2.24) is 0 Å². The first kappa shape index (κ1) is 13.0.